The lowest BCUT2D eigenvalue weighted by Gasteiger charge is -2.26. The molecule has 4 rings (SSSR count). The Bertz CT molecular complexity index is 1250. The Kier molecular flexibility index (Phi) is 5.10. The topological polar surface area (TPSA) is 129 Å². The van der Waals surface area contributed by atoms with Gasteiger partial charge in [-0.05, 0) is 29.8 Å². The van der Waals surface area contributed by atoms with Crippen molar-refractivity contribution in [1.29, 1.82) is 0 Å². The SMILES string of the molecule is Nc1nc(N)n(-c2cc(Cl)c(-c3ccc(S(=O)(=O)C4CNC4)cc3)c(C(F)(F)F)c2)n1. The number of hydrogen-bond acceptors (Lipinski definition) is 7. The summed E-state index contributed by atoms with van der Waals surface area (Å²) in [6, 6.07) is 7.25. The number of nitrogens with two attached hydrogens (primary N) is 2. The Labute approximate surface area is 179 Å². The number of anilines is 2. The van der Waals surface area contributed by atoms with Crippen molar-refractivity contribution in [2.24, 2.45) is 0 Å². The molecule has 0 saturated carbocycles. The first kappa shape index (κ1) is 21.4. The number of sulfone groups is 1. The van der Waals surface area contributed by atoms with E-state index in [9.17, 15) is 21.6 Å². The van der Waals surface area contributed by atoms with Crippen molar-refractivity contribution in [3.8, 4) is 16.8 Å². The number of halogens is 4. The van der Waals surface area contributed by atoms with E-state index in [0.29, 0.717) is 13.1 Å². The fourth-order valence-electron chi connectivity index (χ4n) is 3.25. The van der Waals surface area contributed by atoms with Crippen molar-refractivity contribution >= 4 is 33.3 Å². The molecule has 13 heteroatoms. The van der Waals surface area contributed by atoms with Gasteiger partial charge in [0.05, 0.1) is 26.4 Å². The molecule has 3 aromatic rings. The first-order valence-corrected chi connectivity index (χ1v) is 10.8. The molecule has 5 N–H and O–H groups in total. The third-order valence-corrected chi connectivity index (χ3v) is 7.37. The van der Waals surface area contributed by atoms with Crippen molar-refractivity contribution in [3.63, 3.8) is 0 Å². The number of nitrogens with zero attached hydrogens (tertiary/aromatic N) is 3. The maximum atomic E-state index is 13.9. The van der Waals surface area contributed by atoms with Gasteiger partial charge in [0, 0.05) is 18.7 Å². The second kappa shape index (κ2) is 7.39. The third kappa shape index (κ3) is 3.82. The molecule has 0 atom stereocenters. The van der Waals surface area contributed by atoms with Crippen LogP contribution in [0.25, 0.3) is 16.8 Å². The van der Waals surface area contributed by atoms with E-state index in [4.69, 9.17) is 23.1 Å². The number of hydrogen-bond donors (Lipinski definition) is 3. The van der Waals surface area contributed by atoms with Gasteiger partial charge < -0.3 is 16.8 Å². The Balaban J connectivity index is 1.82. The van der Waals surface area contributed by atoms with Crippen LogP contribution in [0.1, 0.15) is 5.56 Å². The van der Waals surface area contributed by atoms with Gasteiger partial charge in [0.2, 0.25) is 11.9 Å². The number of nitrogen functional groups attached to an aromatic ring is 2. The molecule has 2 heterocycles. The quantitative estimate of drug-likeness (QED) is 0.532. The summed E-state index contributed by atoms with van der Waals surface area (Å²) in [5.41, 5.74) is 9.82. The van der Waals surface area contributed by atoms with Crippen molar-refractivity contribution < 1.29 is 21.6 Å². The molecule has 1 aromatic heterocycles. The molecule has 0 amide bonds. The highest BCUT2D eigenvalue weighted by Gasteiger charge is 2.36. The summed E-state index contributed by atoms with van der Waals surface area (Å²) in [7, 11) is -3.56. The predicted molar refractivity (Wildman–Crippen MR) is 109 cm³/mol. The second-order valence-electron chi connectivity index (χ2n) is 6.94. The van der Waals surface area contributed by atoms with E-state index in [-0.39, 0.29) is 38.6 Å². The average molecular weight is 473 g/mol. The monoisotopic (exact) mass is 472 g/mol. The van der Waals surface area contributed by atoms with Gasteiger partial charge in [-0.15, -0.1) is 5.10 Å². The summed E-state index contributed by atoms with van der Waals surface area (Å²) >= 11 is 6.24. The maximum Gasteiger partial charge on any atom is 0.417 e. The minimum Gasteiger partial charge on any atom is -0.368 e. The number of nitrogens with one attached hydrogen (secondary N) is 1. The van der Waals surface area contributed by atoms with Crippen LogP contribution in [-0.4, -0.2) is 41.5 Å². The van der Waals surface area contributed by atoms with Crippen molar-refractivity contribution in [3.05, 3.63) is 47.0 Å². The molecular formula is C18H16ClF3N6O2S. The van der Waals surface area contributed by atoms with Gasteiger partial charge in [-0.2, -0.15) is 22.8 Å². The standard InChI is InChI=1S/C18H16ClF3N6O2S/c19-14-6-10(28-17(24)26-16(23)27-28)5-13(18(20,21)22)15(14)9-1-3-11(4-2-9)31(29,30)12-7-25-8-12/h1-6,12,25H,7-8H2,(H4,23,24,26,27). The first-order valence-electron chi connectivity index (χ1n) is 8.92. The second-order valence-corrected chi connectivity index (χ2v) is 9.57. The van der Waals surface area contributed by atoms with E-state index in [1.54, 1.807) is 0 Å². The summed E-state index contributed by atoms with van der Waals surface area (Å²) < 4.78 is 67.6. The largest absolute Gasteiger partial charge is 0.417 e. The zero-order valence-corrected chi connectivity index (χ0v) is 17.3. The van der Waals surface area contributed by atoms with Gasteiger partial charge in [-0.3, -0.25) is 0 Å². The van der Waals surface area contributed by atoms with Crippen molar-refractivity contribution in [2.75, 3.05) is 24.6 Å². The van der Waals surface area contributed by atoms with Crippen LogP contribution in [-0.2, 0) is 16.0 Å². The lowest BCUT2D eigenvalue weighted by molar-refractivity contribution is -0.137. The molecule has 0 spiro atoms. The summed E-state index contributed by atoms with van der Waals surface area (Å²) in [4.78, 5) is 3.71. The van der Waals surface area contributed by atoms with E-state index in [0.717, 1.165) is 10.7 Å². The lowest BCUT2D eigenvalue weighted by atomic mass is 9.98. The smallest absolute Gasteiger partial charge is 0.368 e. The van der Waals surface area contributed by atoms with Crippen LogP contribution in [0.4, 0.5) is 25.1 Å². The van der Waals surface area contributed by atoms with E-state index in [2.05, 4.69) is 15.4 Å². The van der Waals surface area contributed by atoms with Crippen LogP contribution in [0.15, 0.2) is 41.3 Å². The van der Waals surface area contributed by atoms with Gasteiger partial charge in [0.1, 0.15) is 0 Å². The average Bonchev–Trinajstić information content (AvgIpc) is 2.97. The number of benzene rings is 2. The van der Waals surface area contributed by atoms with Crippen LogP contribution in [0.5, 0.6) is 0 Å². The summed E-state index contributed by atoms with van der Waals surface area (Å²) in [6.07, 6.45) is -4.77. The predicted octanol–water partition coefficient (Wildman–Crippen LogP) is 2.52. The van der Waals surface area contributed by atoms with E-state index < -0.39 is 26.8 Å². The van der Waals surface area contributed by atoms with E-state index in [1.165, 1.54) is 30.3 Å². The third-order valence-electron chi connectivity index (χ3n) is 4.93. The first-order chi connectivity index (χ1) is 14.5. The summed E-state index contributed by atoms with van der Waals surface area (Å²) in [5, 5.41) is 5.88. The molecule has 1 fully saturated rings. The van der Waals surface area contributed by atoms with E-state index >= 15 is 0 Å². The number of rotatable bonds is 4. The molecule has 31 heavy (non-hydrogen) atoms. The molecule has 1 saturated heterocycles. The Morgan fingerprint density at radius 3 is 2.26 bits per heavy atom. The molecule has 0 unspecified atom stereocenters. The van der Waals surface area contributed by atoms with Gasteiger partial charge in [-0.1, -0.05) is 23.7 Å². The molecule has 8 nitrogen and oxygen atoms in total. The summed E-state index contributed by atoms with van der Waals surface area (Å²) in [5.74, 6) is -0.404. The fraction of sp³-hybridized carbons (Fsp3) is 0.222. The molecule has 0 bridgehead atoms. The van der Waals surface area contributed by atoms with E-state index in [1.807, 2.05) is 0 Å². The van der Waals surface area contributed by atoms with Crippen LogP contribution >= 0.6 is 11.6 Å². The number of aromatic nitrogens is 3. The highest BCUT2D eigenvalue weighted by atomic mass is 35.5. The lowest BCUT2D eigenvalue weighted by Crippen LogP contribution is -2.51. The Hall–Kier alpha value is -2.83. The molecule has 2 aromatic carbocycles. The van der Waals surface area contributed by atoms with Crippen LogP contribution < -0.4 is 16.8 Å². The zero-order valence-electron chi connectivity index (χ0n) is 15.7. The maximum absolute atomic E-state index is 13.9. The van der Waals surface area contributed by atoms with Gasteiger partial charge in [-0.25, -0.2) is 8.42 Å². The Morgan fingerprint density at radius 2 is 1.77 bits per heavy atom. The fourth-order valence-corrected chi connectivity index (χ4v) is 5.15. The van der Waals surface area contributed by atoms with Crippen molar-refractivity contribution in [2.45, 2.75) is 16.3 Å². The molecule has 1 aliphatic heterocycles. The normalized spacial score (nSPS) is 15.1. The van der Waals surface area contributed by atoms with Gasteiger partial charge in [0.15, 0.2) is 9.84 Å². The molecule has 164 valence electrons. The van der Waals surface area contributed by atoms with Gasteiger partial charge in [0.25, 0.3) is 0 Å². The molecule has 0 aliphatic carbocycles. The van der Waals surface area contributed by atoms with Crippen LogP contribution in [0, 0.1) is 0 Å². The highest BCUT2D eigenvalue weighted by Crippen LogP contribution is 2.43. The molecule has 0 radical (unpaired) electrons. The zero-order chi connectivity index (χ0) is 22.6. The van der Waals surface area contributed by atoms with Crippen LogP contribution in [0.2, 0.25) is 5.02 Å². The minimum atomic E-state index is -4.77. The minimum absolute atomic E-state index is 0.0370. The molecular weight excluding hydrogens is 457 g/mol. The molecule has 1 aliphatic rings. The highest BCUT2D eigenvalue weighted by molar-refractivity contribution is 7.92. The number of alkyl halides is 3. The van der Waals surface area contributed by atoms with Crippen molar-refractivity contribution in [1.82, 2.24) is 20.1 Å². The van der Waals surface area contributed by atoms with Crippen LogP contribution in [0.3, 0.4) is 0 Å². The summed E-state index contributed by atoms with van der Waals surface area (Å²) in [6.45, 7) is 0.678. The Morgan fingerprint density at radius 1 is 1.13 bits per heavy atom. The van der Waals surface area contributed by atoms with Gasteiger partial charge >= 0.3 is 6.18 Å².